The predicted molar refractivity (Wildman–Crippen MR) is 85.7 cm³/mol. The van der Waals surface area contributed by atoms with E-state index in [1.165, 1.54) is 38.0 Å². The summed E-state index contributed by atoms with van der Waals surface area (Å²) in [5.41, 5.74) is -1.09. The molecule has 0 aliphatic rings. The summed E-state index contributed by atoms with van der Waals surface area (Å²) < 4.78 is 28.9. The minimum atomic E-state index is -1.61. The van der Waals surface area contributed by atoms with E-state index in [0.717, 1.165) is 6.07 Å². The number of benzene rings is 1. The molecule has 7 heteroatoms. The van der Waals surface area contributed by atoms with Crippen LogP contribution in [0.2, 0.25) is 0 Å². The van der Waals surface area contributed by atoms with Gasteiger partial charge in [-0.25, -0.2) is 4.39 Å². The molecule has 0 fully saturated rings. The zero-order valence-corrected chi connectivity index (χ0v) is 13.4. The van der Waals surface area contributed by atoms with Crippen molar-refractivity contribution in [3.05, 3.63) is 77.9 Å². The lowest BCUT2D eigenvalue weighted by Crippen LogP contribution is -2.41. The number of methoxy groups -OCH3 is 1. The number of carbonyl (C=O) groups is 1. The second-order valence-electron chi connectivity index (χ2n) is 5.38. The Balaban J connectivity index is 1.80. The number of halogens is 1. The van der Waals surface area contributed by atoms with Crippen LogP contribution in [0.25, 0.3) is 0 Å². The molecule has 1 aromatic carbocycles. The van der Waals surface area contributed by atoms with Crippen molar-refractivity contribution >= 4 is 5.91 Å². The first-order valence-corrected chi connectivity index (χ1v) is 7.45. The minimum absolute atomic E-state index is 0.0436. The molecule has 1 atom stereocenters. The van der Waals surface area contributed by atoms with Crippen LogP contribution in [0, 0.1) is 5.82 Å². The summed E-state index contributed by atoms with van der Waals surface area (Å²) in [5.74, 6) is -0.904. The first-order chi connectivity index (χ1) is 12.0. The highest BCUT2D eigenvalue weighted by Crippen LogP contribution is 2.30. The number of aliphatic hydroxyl groups is 1. The van der Waals surface area contributed by atoms with Gasteiger partial charge in [0.25, 0.3) is 5.91 Å². The van der Waals surface area contributed by atoms with Crippen LogP contribution in [-0.2, 0) is 5.60 Å². The van der Waals surface area contributed by atoms with Crippen molar-refractivity contribution in [3.8, 4) is 5.75 Å². The molecule has 2 heterocycles. The van der Waals surface area contributed by atoms with Crippen molar-refractivity contribution < 1.29 is 27.9 Å². The third-order valence-electron chi connectivity index (χ3n) is 3.85. The summed E-state index contributed by atoms with van der Waals surface area (Å²) in [6.45, 7) is -0.188. The van der Waals surface area contributed by atoms with Crippen molar-refractivity contribution in [2.75, 3.05) is 13.7 Å². The van der Waals surface area contributed by atoms with Crippen molar-refractivity contribution in [1.29, 1.82) is 0 Å². The van der Waals surface area contributed by atoms with Gasteiger partial charge in [0.1, 0.15) is 5.76 Å². The second kappa shape index (κ2) is 6.82. The lowest BCUT2D eigenvalue weighted by Gasteiger charge is -2.25. The van der Waals surface area contributed by atoms with Crippen molar-refractivity contribution in [3.63, 3.8) is 0 Å². The van der Waals surface area contributed by atoms with E-state index in [1.54, 1.807) is 18.2 Å². The highest BCUT2D eigenvalue weighted by Gasteiger charge is 2.36. The topological polar surface area (TPSA) is 84.8 Å². The van der Waals surface area contributed by atoms with Gasteiger partial charge in [-0.2, -0.15) is 0 Å². The number of carbonyl (C=O) groups excluding carboxylic acids is 1. The Labute approximate surface area is 142 Å². The van der Waals surface area contributed by atoms with Crippen LogP contribution in [0.15, 0.2) is 64.0 Å². The maximum atomic E-state index is 13.7. The molecule has 3 aromatic rings. The van der Waals surface area contributed by atoms with Gasteiger partial charge >= 0.3 is 0 Å². The highest BCUT2D eigenvalue weighted by molar-refractivity contribution is 5.94. The van der Waals surface area contributed by atoms with Crippen molar-refractivity contribution in [2.24, 2.45) is 0 Å². The van der Waals surface area contributed by atoms with E-state index in [4.69, 9.17) is 13.6 Å². The molecule has 0 radical (unpaired) electrons. The summed E-state index contributed by atoms with van der Waals surface area (Å²) in [6.07, 6.45) is 4.19. The summed E-state index contributed by atoms with van der Waals surface area (Å²) in [4.78, 5) is 12.3. The molecule has 6 nitrogen and oxygen atoms in total. The molecule has 0 bridgehead atoms. The molecule has 2 N–H and O–H groups in total. The standard InChI is InChI=1S/C18H16FNO5/c1-23-15-5-4-12(9-14(15)19)17(21)20-11-18(22,13-6-8-24-10-13)16-3-2-7-25-16/h2-10,22H,11H2,1H3,(H,20,21)/t18-/m1/s1. The Bertz CT molecular complexity index is 808. The molecule has 1 amide bonds. The molecule has 0 unspecified atom stereocenters. The Morgan fingerprint density at radius 2 is 2.16 bits per heavy atom. The molecule has 0 aliphatic carbocycles. The van der Waals surface area contributed by atoms with E-state index in [1.807, 2.05) is 0 Å². The molecular formula is C18H16FNO5. The first-order valence-electron chi connectivity index (χ1n) is 7.45. The van der Waals surface area contributed by atoms with Gasteiger partial charge in [-0.3, -0.25) is 4.79 Å². The Kier molecular flexibility index (Phi) is 4.58. The van der Waals surface area contributed by atoms with Crippen LogP contribution >= 0.6 is 0 Å². The second-order valence-corrected chi connectivity index (χ2v) is 5.38. The summed E-state index contributed by atoms with van der Waals surface area (Å²) >= 11 is 0. The fourth-order valence-corrected chi connectivity index (χ4v) is 2.46. The van der Waals surface area contributed by atoms with Gasteiger partial charge in [-0.1, -0.05) is 0 Å². The number of hydrogen-bond acceptors (Lipinski definition) is 5. The molecule has 3 rings (SSSR count). The Hall–Kier alpha value is -3.06. The summed E-state index contributed by atoms with van der Waals surface area (Å²) in [5, 5.41) is 13.6. The van der Waals surface area contributed by atoms with Crippen LogP contribution in [0.4, 0.5) is 4.39 Å². The van der Waals surface area contributed by atoms with Gasteiger partial charge in [0, 0.05) is 11.1 Å². The predicted octanol–water partition coefficient (Wildman–Crippen LogP) is 2.69. The van der Waals surface area contributed by atoms with E-state index >= 15 is 0 Å². The van der Waals surface area contributed by atoms with E-state index in [9.17, 15) is 14.3 Å². The summed E-state index contributed by atoms with van der Waals surface area (Å²) in [7, 11) is 1.34. The Morgan fingerprint density at radius 1 is 1.32 bits per heavy atom. The number of rotatable bonds is 6. The van der Waals surface area contributed by atoms with Gasteiger partial charge in [0.05, 0.1) is 32.4 Å². The normalized spacial score (nSPS) is 13.2. The van der Waals surface area contributed by atoms with Gasteiger partial charge in [-0.05, 0) is 36.4 Å². The SMILES string of the molecule is COc1ccc(C(=O)NC[C@@](O)(c2ccoc2)c2ccco2)cc1F. The van der Waals surface area contributed by atoms with Crippen molar-refractivity contribution in [1.82, 2.24) is 5.32 Å². The number of furan rings is 2. The van der Waals surface area contributed by atoms with Gasteiger partial charge in [0.2, 0.25) is 0 Å². The zero-order chi connectivity index (χ0) is 17.9. The van der Waals surface area contributed by atoms with Crippen LogP contribution < -0.4 is 10.1 Å². The molecule has 25 heavy (non-hydrogen) atoms. The lowest BCUT2D eigenvalue weighted by molar-refractivity contribution is 0.0520. The minimum Gasteiger partial charge on any atom is -0.494 e. The van der Waals surface area contributed by atoms with E-state index in [0.29, 0.717) is 5.56 Å². The Morgan fingerprint density at radius 3 is 2.76 bits per heavy atom. The molecule has 0 saturated heterocycles. The first kappa shape index (κ1) is 16.8. The van der Waals surface area contributed by atoms with E-state index in [-0.39, 0.29) is 23.6 Å². The van der Waals surface area contributed by atoms with Crippen molar-refractivity contribution in [2.45, 2.75) is 5.60 Å². The average molecular weight is 345 g/mol. The number of hydrogen-bond donors (Lipinski definition) is 2. The number of nitrogens with one attached hydrogen (secondary N) is 1. The molecule has 2 aromatic heterocycles. The zero-order valence-electron chi connectivity index (χ0n) is 13.4. The highest BCUT2D eigenvalue weighted by atomic mass is 19.1. The fraction of sp³-hybridized carbons (Fsp3) is 0.167. The van der Waals surface area contributed by atoms with Gasteiger partial charge in [0.15, 0.2) is 17.2 Å². The molecule has 0 saturated carbocycles. The number of ether oxygens (including phenoxy) is 1. The van der Waals surface area contributed by atoms with Crippen LogP contribution in [0.3, 0.4) is 0 Å². The third-order valence-corrected chi connectivity index (χ3v) is 3.85. The third kappa shape index (κ3) is 3.27. The van der Waals surface area contributed by atoms with Gasteiger partial charge in [-0.15, -0.1) is 0 Å². The average Bonchev–Trinajstić information content (AvgIpc) is 3.33. The lowest BCUT2D eigenvalue weighted by atomic mass is 9.93. The summed E-state index contributed by atoms with van der Waals surface area (Å²) in [6, 6.07) is 8.65. The monoisotopic (exact) mass is 345 g/mol. The smallest absolute Gasteiger partial charge is 0.251 e. The fourth-order valence-electron chi connectivity index (χ4n) is 2.46. The van der Waals surface area contributed by atoms with Crippen LogP contribution in [0.1, 0.15) is 21.7 Å². The maximum absolute atomic E-state index is 13.7. The maximum Gasteiger partial charge on any atom is 0.251 e. The molecule has 0 spiro atoms. The quantitative estimate of drug-likeness (QED) is 0.717. The molecule has 130 valence electrons. The van der Waals surface area contributed by atoms with E-state index in [2.05, 4.69) is 5.32 Å². The van der Waals surface area contributed by atoms with Crippen LogP contribution in [0.5, 0.6) is 5.75 Å². The largest absolute Gasteiger partial charge is 0.494 e. The van der Waals surface area contributed by atoms with Crippen LogP contribution in [-0.4, -0.2) is 24.7 Å². The molecular weight excluding hydrogens is 329 g/mol. The van der Waals surface area contributed by atoms with Gasteiger partial charge < -0.3 is 24.0 Å². The molecule has 0 aliphatic heterocycles. The van der Waals surface area contributed by atoms with E-state index < -0.39 is 17.3 Å². The number of amides is 1.